The minimum Gasteiger partial charge on any atom is -0.243 e. The van der Waals surface area contributed by atoms with Crippen LogP contribution in [0.5, 0.6) is 0 Å². The Morgan fingerprint density at radius 3 is 2.81 bits per heavy atom. The van der Waals surface area contributed by atoms with Crippen molar-refractivity contribution in [1.29, 1.82) is 0 Å². The number of aromatic nitrogens is 2. The van der Waals surface area contributed by atoms with E-state index in [-0.39, 0.29) is 10.4 Å². The molecule has 0 fully saturated rings. The minimum absolute atomic E-state index is 0.0377. The molecule has 0 saturated heterocycles. The van der Waals surface area contributed by atoms with Gasteiger partial charge in [0.05, 0.1) is 10.4 Å². The molecule has 1 N–H and O–H groups in total. The Bertz CT molecular complexity index is 888. The van der Waals surface area contributed by atoms with Crippen LogP contribution in [-0.4, -0.2) is 18.7 Å². The Morgan fingerprint density at radius 1 is 1.29 bits per heavy atom. The molecule has 0 spiro atoms. The highest BCUT2D eigenvalue weighted by Gasteiger charge is 2.23. The van der Waals surface area contributed by atoms with Crippen molar-refractivity contribution in [3.63, 3.8) is 0 Å². The second-order valence-corrected chi connectivity index (χ2v) is 7.80. The standard InChI is InChI=1S/C12H10ClN3O3S2/c1-7(9-5-6-11(13)20-9)16-21(17,18)10-4-2-3-8-12(10)15-19-14-8/h2-7,16H,1H3. The highest BCUT2D eigenvalue weighted by Crippen LogP contribution is 2.28. The maximum absolute atomic E-state index is 12.5. The molecule has 0 radical (unpaired) electrons. The molecule has 2 heterocycles. The molecular weight excluding hydrogens is 334 g/mol. The summed E-state index contributed by atoms with van der Waals surface area (Å²) < 4.78 is 32.8. The fourth-order valence-electron chi connectivity index (χ4n) is 1.91. The first kappa shape index (κ1) is 14.5. The van der Waals surface area contributed by atoms with Gasteiger partial charge >= 0.3 is 0 Å². The van der Waals surface area contributed by atoms with Crippen LogP contribution in [-0.2, 0) is 10.0 Å². The summed E-state index contributed by atoms with van der Waals surface area (Å²) >= 11 is 7.20. The molecule has 110 valence electrons. The first-order chi connectivity index (χ1) is 9.97. The largest absolute Gasteiger partial charge is 0.243 e. The van der Waals surface area contributed by atoms with Crippen LogP contribution < -0.4 is 4.72 Å². The molecule has 1 atom stereocenters. The summed E-state index contributed by atoms with van der Waals surface area (Å²) in [5, 5.41) is 7.29. The van der Waals surface area contributed by atoms with Crippen molar-refractivity contribution in [2.75, 3.05) is 0 Å². The number of nitrogens with zero attached hydrogens (tertiary/aromatic N) is 2. The van der Waals surface area contributed by atoms with Gasteiger partial charge in [0, 0.05) is 4.88 Å². The summed E-state index contributed by atoms with van der Waals surface area (Å²) in [6.07, 6.45) is 0. The second-order valence-electron chi connectivity index (χ2n) is 4.37. The number of sulfonamides is 1. The number of nitrogens with one attached hydrogen (secondary N) is 1. The summed E-state index contributed by atoms with van der Waals surface area (Å²) in [6.45, 7) is 1.75. The summed E-state index contributed by atoms with van der Waals surface area (Å²) in [6, 6.07) is 7.81. The van der Waals surface area contributed by atoms with E-state index in [0.717, 1.165) is 4.88 Å². The zero-order valence-electron chi connectivity index (χ0n) is 10.8. The molecule has 6 nitrogen and oxygen atoms in total. The third kappa shape index (κ3) is 2.80. The van der Waals surface area contributed by atoms with E-state index in [1.807, 2.05) is 0 Å². The summed E-state index contributed by atoms with van der Waals surface area (Å²) in [5.41, 5.74) is 0.603. The van der Waals surface area contributed by atoms with Crippen LogP contribution >= 0.6 is 22.9 Å². The van der Waals surface area contributed by atoms with Crippen molar-refractivity contribution in [1.82, 2.24) is 15.0 Å². The van der Waals surface area contributed by atoms with Gasteiger partial charge < -0.3 is 0 Å². The van der Waals surface area contributed by atoms with E-state index in [0.29, 0.717) is 9.85 Å². The first-order valence-corrected chi connectivity index (χ1v) is 8.64. The van der Waals surface area contributed by atoms with E-state index >= 15 is 0 Å². The number of benzene rings is 1. The number of thiophene rings is 1. The van der Waals surface area contributed by atoms with E-state index in [2.05, 4.69) is 19.7 Å². The first-order valence-electron chi connectivity index (χ1n) is 5.96. The van der Waals surface area contributed by atoms with Gasteiger partial charge in [-0.15, -0.1) is 11.3 Å². The molecule has 0 aliphatic rings. The number of hydrogen-bond acceptors (Lipinski definition) is 6. The van der Waals surface area contributed by atoms with Crippen LogP contribution in [0.2, 0.25) is 4.34 Å². The van der Waals surface area contributed by atoms with Crippen LogP contribution in [0.1, 0.15) is 17.8 Å². The molecule has 1 aromatic carbocycles. The fourth-order valence-corrected chi connectivity index (χ4v) is 4.42. The minimum atomic E-state index is -3.74. The maximum Gasteiger partial charge on any atom is 0.243 e. The SMILES string of the molecule is CC(NS(=O)(=O)c1cccc2nonc12)c1ccc(Cl)s1. The van der Waals surface area contributed by atoms with E-state index in [1.165, 1.54) is 17.4 Å². The van der Waals surface area contributed by atoms with Crippen LogP contribution in [0.25, 0.3) is 11.0 Å². The topological polar surface area (TPSA) is 85.1 Å². The molecule has 0 saturated carbocycles. The highest BCUT2D eigenvalue weighted by molar-refractivity contribution is 7.89. The zero-order chi connectivity index (χ0) is 15.0. The Morgan fingerprint density at radius 2 is 2.10 bits per heavy atom. The third-order valence-corrected chi connectivity index (χ3v) is 5.88. The molecule has 0 bridgehead atoms. The molecule has 0 amide bonds. The van der Waals surface area contributed by atoms with Gasteiger partial charge in [0.25, 0.3) is 0 Å². The lowest BCUT2D eigenvalue weighted by molar-refractivity contribution is 0.315. The third-order valence-electron chi connectivity index (χ3n) is 2.89. The Balaban J connectivity index is 1.95. The van der Waals surface area contributed by atoms with Gasteiger partial charge in [0.1, 0.15) is 10.4 Å². The lowest BCUT2D eigenvalue weighted by Gasteiger charge is -2.12. The summed E-state index contributed by atoms with van der Waals surface area (Å²) in [7, 11) is -3.74. The average Bonchev–Trinajstić information content (AvgIpc) is 3.05. The molecule has 3 rings (SSSR count). The fraction of sp³-hybridized carbons (Fsp3) is 0.167. The molecule has 2 aromatic heterocycles. The van der Waals surface area contributed by atoms with Crippen molar-refractivity contribution in [3.8, 4) is 0 Å². The number of fused-ring (bicyclic) bond motifs is 1. The van der Waals surface area contributed by atoms with Crippen molar-refractivity contribution in [2.45, 2.75) is 17.9 Å². The van der Waals surface area contributed by atoms with Crippen LogP contribution in [0.4, 0.5) is 0 Å². The van der Waals surface area contributed by atoms with E-state index in [9.17, 15) is 8.42 Å². The highest BCUT2D eigenvalue weighted by atomic mass is 35.5. The Hall–Kier alpha value is -1.48. The van der Waals surface area contributed by atoms with Gasteiger partial charge in [-0.25, -0.2) is 17.8 Å². The maximum atomic E-state index is 12.5. The van der Waals surface area contributed by atoms with Crippen molar-refractivity contribution < 1.29 is 13.0 Å². The monoisotopic (exact) mass is 343 g/mol. The molecular formula is C12H10ClN3O3S2. The lowest BCUT2D eigenvalue weighted by atomic mass is 10.3. The lowest BCUT2D eigenvalue weighted by Crippen LogP contribution is -2.26. The molecule has 21 heavy (non-hydrogen) atoms. The van der Waals surface area contributed by atoms with Gasteiger partial charge in [-0.2, -0.15) is 0 Å². The zero-order valence-corrected chi connectivity index (χ0v) is 13.2. The second kappa shape index (κ2) is 5.38. The number of hydrogen-bond donors (Lipinski definition) is 1. The molecule has 3 aromatic rings. The van der Waals surface area contributed by atoms with Gasteiger partial charge in [-0.05, 0) is 41.5 Å². The number of rotatable bonds is 4. The molecule has 0 aliphatic heterocycles. The predicted molar refractivity (Wildman–Crippen MR) is 79.9 cm³/mol. The van der Waals surface area contributed by atoms with Gasteiger partial charge in [0.15, 0.2) is 5.52 Å². The van der Waals surface area contributed by atoms with Crippen molar-refractivity contribution in [2.24, 2.45) is 0 Å². The summed E-state index contributed by atoms with van der Waals surface area (Å²) in [5.74, 6) is 0. The Kier molecular flexibility index (Phi) is 3.70. The van der Waals surface area contributed by atoms with Gasteiger partial charge in [-0.3, -0.25) is 0 Å². The average molecular weight is 344 g/mol. The molecule has 9 heteroatoms. The van der Waals surface area contributed by atoms with Crippen LogP contribution in [0.3, 0.4) is 0 Å². The summed E-state index contributed by atoms with van der Waals surface area (Å²) in [4.78, 5) is 0.866. The Labute approximate surface area is 129 Å². The predicted octanol–water partition coefficient (Wildman–Crippen LogP) is 2.98. The van der Waals surface area contributed by atoms with E-state index in [1.54, 1.807) is 31.2 Å². The van der Waals surface area contributed by atoms with Crippen molar-refractivity contribution >= 4 is 44.0 Å². The van der Waals surface area contributed by atoms with Gasteiger partial charge in [-0.1, -0.05) is 17.7 Å². The number of halogens is 1. The normalized spacial score (nSPS) is 13.6. The van der Waals surface area contributed by atoms with Crippen LogP contribution in [0, 0.1) is 0 Å². The van der Waals surface area contributed by atoms with Gasteiger partial charge in [0.2, 0.25) is 10.0 Å². The molecule has 1 unspecified atom stereocenters. The van der Waals surface area contributed by atoms with Crippen LogP contribution in [0.15, 0.2) is 39.9 Å². The smallest absolute Gasteiger partial charge is 0.243 e. The van der Waals surface area contributed by atoms with E-state index in [4.69, 9.17) is 11.6 Å². The van der Waals surface area contributed by atoms with E-state index < -0.39 is 16.1 Å². The quantitative estimate of drug-likeness (QED) is 0.787. The van der Waals surface area contributed by atoms with Crippen molar-refractivity contribution in [3.05, 3.63) is 39.5 Å². The molecule has 0 aliphatic carbocycles.